The molecule has 1 aliphatic carbocycles. The summed E-state index contributed by atoms with van der Waals surface area (Å²) in [5, 5.41) is 9.33. The molecule has 2 aliphatic rings. The van der Waals surface area contributed by atoms with Crippen molar-refractivity contribution >= 4 is 7.48 Å². The zero-order valence-electron chi connectivity index (χ0n) is 20.8. The molecule has 1 radical (unpaired) electrons. The van der Waals surface area contributed by atoms with E-state index in [-0.39, 0.29) is 0 Å². The van der Waals surface area contributed by atoms with Crippen LogP contribution in [-0.4, -0.2) is 49.3 Å². The zero-order chi connectivity index (χ0) is 22.1. The highest BCUT2D eigenvalue weighted by Crippen LogP contribution is 2.42. The van der Waals surface area contributed by atoms with E-state index in [1.807, 2.05) is 0 Å². The Morgan fingerprint density at radius 1 is 1.07 bits per heavy atom. The van der Waals surface area contributed by atoms with Gasteiger partial charge in [-0.2, -0.15) is 0 Å². The van der Waals surface area contributed by atoms with Gasteiger partial charge in [-0.3, -0.25) is 4.90 Å². The van der Waals surface area contributed by atoms with Gasteiger partial charge in [-0.25, -0.2) is 0 Å². The van der Waals surface area contributed by atoms with Crippen LogP contribution in [-0.2, 0) is 4.65 Å². The van der Waals surface area contributed by atoms with Crippen molar-refractivity contribution in [3.8, 4) is 0 Å². The Bertz CT molecular complexity index is 519. The molecule has 4 heteroatoms. The van der Waals surface area contributed by atoms with Crippen LogP contribution in [0.2, 0.25) is 5.82 Å². The van der Waals surface area contributed by atoms with Crippen molar-refractivity contribution in [2.45, 2.75) is 117 Å². The normalized spacial score (nSPS) is 34.2. The number of nitrogens with zero attached hydrogens (tertiary/aromatic N) is 1. The molecule has 0 aromatic heterocycles. The van der Waals surface area contributed by atoms with Gasteiger partial charge >= 0.3 is 0 Å². The molecule has 1 N–H and O–H groups in total. The molecule has 3 nitrogen and oxygen atoms in total. The molecule has 0 bridgehead atoms. The quantitative estimate of drug-likeness (QED) is 0.302. The van der Waals surface area contributed by atoms with E-state index in [2.05, 4.69) is 53.9 Å². The molecule has 0 aromatic rings. The van der Waals surface area contributed by atoms with Crippen LogP contribution in [0.25, 0.3) is 0 Å². The minimum Gasteiger partial charge on any atom is -0.440 e. The average Bonchev–Trinajstić information content (AvgIpc) is 2.69. The molecule has 30 heavy (non-hydrogen) atoms. The largest absolute Gasteiger partial charge is 0.440 e. The summed E-state index contributed by atoms with van der Waals surface area (Å²) in [6.45, 7) is 16.3. The third-order valence-electron chi connectivity index (χ3n) is 7.94. The van der Waals surface area contributed by atoms with Gasteiger partial charge in [0, 0.05) is 25.3 Å². The van der Waals surface area contributed by atoms with Crippen LogP contribution in [0.4, 0.5) is 0 Å². The van der Waals surface area contributed by atoms with Gasteiger partial charge in [0.2, 0.25) is 0 Å². The topological polar surface area (TPSA) is 32.7 Å². The number of hydrogen-bond donors (Lipinski definition) is 1. The lowest BCUT2D eigenvalue weighted by molar-refractivity contribution is 0.0515. The first-order chi connectivity index (χ1) is 14.4. The maximum absolute atomic E-state index is 9.33. The molecule has 2 fully saturated rings. The Morgan fingerprint density at radius 3 is 2.47 bits per heavy atom. The van der Waals surface area contributed by atoms with E-state index in [9.17, 15) is 5.11 Å². The third kappa shape index (κ3) is 7.10. The highest BCUT2D eigenvalue weighted by atomic mass is 16.4. The molecule has 0 aromatic carbocycles. The van der Waals surface area contributed by atoms with Gasteiger partial charge in [-0.15, -0.1) is 0 Å². The summed E-state index contributed by atoms with van der Waals surface area (Å²) in [5.41, 5.74) is 3.00. The van der Waals surface area contributed by atoms with Gasteiger partial charge in [0.15, 0.2) is 0 Å². The van der Waals surface area contributed by atoms with Crippen molar-refractivity contribution in [3.05, 3.63) is 11.1 Å². The first kappa shape index (κ1) is 25.9. The first-order valence-electron chi connectivity index (χ1n) is 12.9. The third-order valence-corrected chi connectivity index (χ3v) is 7.94. The van der Waals surface area contributed by atoms with Gasteiger partial charge in [0.1, 0.15) is 0 Å². The predicted octanol–water partition coefficient (Wildman–Crippen LogP) is 6.24. The molecule has 0 amide bonds. The van der Waals surface area contributed by atoms with Gasteiger partial charge in [0.25, 0.3) is 7.48 Å². The summed E-state index contributed by atoms with van der Waals surface area (Å²) >= 11 is 0. The summed E-state index contributed by atoms with van der Waals surface area (Å²) < 4.78 is 6.33. The molecule has 6 atom stereocenters. The number of allylic oxidation sites excluding steroid dienone is 1. The molecule has 6 unspecified atom stereocenters. The van der Waals surface area contributed by atoms with Crippen LogP contribution < -0.4 is 0 Å². The Labute approximate surface area is 188 Å². The van der Waals surface area contributed by atoms with Crippen molar-refractivity contribution < 1.29 is 9.76 Å². The average molecular weight is 418 g/mol. The SMILES string of the molecule is CCN1C(CCCCO)C(C)CO[B]C(C2CCCCCC(C)C2)C1C(C)=C(C)C. The zero-order valence-corrected chi connectivity index (χ0v) is 20.8. The number of rotatable bonds is 7. The first-order valence-corrected chi connectivity index (χ1v) is 12.9. The molecule has 1 heterocycles. The fourth-order valence-electron chi connectivity index (χ4n) is 5.99. The Morgan fingerprint density at radius 2 is 1.80 bits per heavy atom. The van der Waals surface area contributed by atoms with Crippen LogP contribution in [0.3, 0.4) is 0 Å². The fourth-order valence-corrected chi connectivity index (χ4v) is 5.99. The van der Waals surface area contributed by atoms with Crippen LogP contribution in [0.1, 0.15) is 99.3 Å². The van der Waals surface area contributed by atoms with Crippen LogP contribution >= 0.6 is 0 Å². The minimum absolute atomic E-state index is 0.302. The number of likely N-dealkylation sites (N-methyl/N-ethyl adjacent to an activating group) is 1. The summed E-state index contributed by atoms with van der Waals surface area (Å²) in [6, 6.07) is 0.946. The van der Waals surface area contributed by atoms with E-state index in [0.717, 1.165) is 38.3 Å². The molecular weight excluding hydrogens is 369 g/mol. The maximum Gasteiger partial charge on any atom is 0.297 e. The number of aliphatic hydroxyl groups is 1. The lowest BCUT2D eigenvalue weighted by Gasteiger charge is -2.49. The number of hydrogen-bond acceptors (Lipinski definition) is 3. The Kier molecular flexibility index (Phi) is 11.5. The van der Waals surface area contributed by atoms with Gasteiger partial charge in [-0.05, 0) is 76.6 Å². The van der Waals surface area contributed by atoms with Crippen molar-refractivity contribution in [2.24, 2.45) is 17.8 Å². The van der Waals surface area contributed by atoms with E-state index in [1.165, 1.54) is 49.7 Å². The predicted molar refractivity (Wildman–Crippen MR) is 130 cm³/mol. The van der Waals surface area contributed by atoms with Crippen molar-refractivity contribution in [1.82, 2.24) is 4.90 Å². The number of unbranched alkanes of at least 4 members (excludes halogenated alkanes) is 1. The van der Waals surface area contributed by atoms with Crippen LogP contribution in [0.15, 0.2) is 11.1 Å². The molecule has 1 saturated heterocycles. The summed E-state index contributed by atoms with van der Waals surface area (Å²) in [7, 11) is 2.26. The van der Waals surface area contributed by atoms with E-state index in [4.69, 9.17) is 4.65 Å². The monoisotopic (exact) mass is 418 g/mol. The maximum atomic E-state index is 9.33. The molecule has 173 valence electrons. The second-order valence-electron chi connectivity index (χ2n) is 10.5. The van der Waals surface area contributed by atoms with Crippen LogP contribution in [0.5, 0.6) is 0 Å². The fraction of sp³-hybridized carbons (Fsp3) is 0.923. The smallest absolute Gasteiger partial charge is 0.297 e. The lowest BCUT2D eigenvalue weighted by atomic mass is 9.60. The Balaban J connectivity index is 2.39. The minimum atomic E-state index is 0.302. The Hall–Kier alpha value is -0.315. The standard InChI is InChI=1S/C26H49BNO2/c1-7-28-24(15-11-12-16-29)21(5)18-30-27-25(26(28)22(6)19(2)3)23-14-10-8-9-13-20(4)17-23/h20-21,23-26,29H,7-18H2,1-6H3. The van der Waals surface area contributed by atoms with E-state index in [1.54, 1.807) is 0 Å². The molecule has 0 spiro atoms. The molecule has 2 rings (SSSR count). The van der Waals surface area contributed by atoms with E-state index >= 15 is 0 Å². The van der Waals surface area contributed by atoms with E-state index in [0.29, 0.717) is 36.3 Å². The van der Waals surface area contributed by atoms with Crippen molar-refractivity contribution in [3.63, 3.8) is 0 Å². The van der Waals surface area contributed by atoms with Gasteiger partial charge in [-0.1, -0.05) is 64.0 Å². The molecule has 1 saturated carbocycles. The highest BCUT2D eigenvalue weighted by Gasteiger charge is 2.41. The van der Waals surface area contributed by atoms with Crippen LogP contribution in [0, 0.1) is 17.8 Å². The van der Waals surface area contributed by atoms with Crippen molar-refractivity contribution in [2.75, 3.05) is 19.8 Å². The number of aliphatic hydroxyl groups excluding tert-OH is 1. The summed E-state index contributed by atoms with van der Waals surface area (Å²) in [6.07, 6.45) is 11.4. The second-order valence-corrected chi connectivity index (χ2v) is 10.5. The lowest BCUT2D eigenvalue weighted by Crippen LogP contribution is -2.53. The highest BCUT2D eigenvalue weighted by molar-refractivity contribution is 6.30. The molecule has 1 aliphatic heterocycles. The summed E-state index contributed by atoms with van der Waals surface area (Å²) in [5.74, 6) is 2.49. The summed E-state index contributed by atoms with van der Waals surface area (Å²) in [4.78, 5) is 2.82. The van der Waals surface area contributed by atoms with Gasteiger partial charge in [0.05, 0.1) is 0 Å². The second kappa shape index (κ2) is 13.3. The van der Waals surface area contributed by atoms with Gasteiger partial charge < -0.3 is 9.76 Å². The van der Waals surface area contributed by atoms with Crippen molar-refractivity contribution in [1.29, 1.82) is 0 Å². The van der Waals surface area contributed by atoms with E-state index < -0.39 is 0 Å². The molecular formula is C26H49BNO2.